The molecule has 0 saturated heterocycles. The van der Waals surface area contributed by atoms with E-state index in [1.54, 1.807) is 0 Å². The highest BCUT2D eigenvalue weighted by atomic mass is 35.5. The molecule has 0 amide bonds. The second-order valence-corrected chi connectivity index (χ2v) is 3.76. The molecule has 0 aliphatic carbocycles. The molecule has 0 unspecified atom stereocenters. The van der Waals surface area contributed by atoms with Gasteiger partial charge < -0.3 is 4.74 Å². The first-order valence-electron chi connectivity index (χ1n) is 4.75. The van der Waals surface area contributed by atoms with Crippen molar-refractivity contribution >= 4 is 11.6 Å². The molecule has 0 N–H and O–H groups in total. The second-order valence-electron chi connectivity index (χ2n) is 3.32. The summed E-state index contributed by atoms with van der Waals surface area (Å²) in [5.74, 6) is 1.67. The van der Waals surface area contributed by atoms with E-state index in [-0.39, 0.29) is 0 Å². The summed E-state index contributed by atoms with van der Waals surface area (Å²) in [5, 5.41) is 0.730. The molecular weight excluding hydrogens is 208 g/mol. The zero-order valence-corrected chi connectivity index (χ0v) is 9.16. The van der Waals surface area contributed by atoms with E-state index in [2.05, 4.69) is 0 Å². The molecule has 0 atom stereocenters. The van der Waals surface area contributed by atoms with Crippen LogP contribution in [-0.2, 0) is 0 Å². The van der Waals surface area contributed by atoms with Crippen LogP contribution in [0.15, 0.2) is 48.5 Å². The molecule has 0 spiro atoms. The van der Waals surface area contributed by atoms with E-state index in [0.29, 0.717) is 0 Å². The summed E-state index contributed by atoms with van der Waals surface area (Å²) in [5.41, 5.74) is 1.03. The van der Waals surface area contributed by atoms with Crippen molar-refractivity contribution in [2.24, 2.45) is 0 Å². The van der Waals surface area contributed by atoms with E-state index < -0.39 is 0 Å². The SMILES string of the molecule is Cc1cc(Cl)ccc1Oc1ccccc1. The Hall–Kier alpha value is -1.47. The molecule has 15 heavy (non-hydrogen) atoms. The maximum absolute atomic E-state index is 5.86. The maximum Gasteiger partial charge on any atom is 0.130 e. The minimum Gasteiger partial charge on any atom is -0.457 e. The van der Waals surface area contributed by atoms with Crippen molar-refractivity contribution < 1.29 is 4.74 Å². The minimum absolute atomic E-state index is 0.730. The van der Waals surface area contributed by atoms with E-state index in [9.17, 15) is 0 Å². The van der Waals surface area contributed by atoms with E-state index in [0.717, 1.165) is 22.1 Å². The molecule has 0 saturated carbocycles. The van der Waals surface area contributed by atoms with Crippen LogP contribution in [0.25, 0.3) is 0 Å². The number of aryl methyl sites for hydroxylation is 1. The molecule has 0 heterocycles. The molecule has 0 aromatic heterocycles. The van der Waals surface area contributed by atoms with Gasteiger partial charge in [0.2, 0.25) is 0 Å². The average molecular weight is 219 g/mol. The van der Waals surface area contributed by atoms with Crippen LogP contribution in [0.3, 0.4) is 0 Å². The predicted octanol–water partition coefficient (Wildman–Crippen LogP) is 4.44. The van der Waals surface area contributed by atoms with Crippen molar-refractivity contribution in [1.82, 2.24) is 0 Å². The molecule has 0 bridgehead atoms. The zero-order chi connectivity index (χ0) is 10.7. The Morgan fingerprint density at radius 3 is 2.40 bits per heavy atom. The van der Waals surface area contributed by atoms with Crippen molar-refractivity contribution in [2.75, 3.05) is 0 Å². The van der Waals surface area contributed by atoms with Crippen LogP contribution >= 0.6 is 11.6 Å². The second kappa shape index (κ2) is 4.37. The Bertz CT molecular complexity index is 451. The minimum atomic E-state index is 0.730. The lowest BCUT2D eigenvalue weighted by Gasteiger charge is -2.08. The fourth-order valence-corrected chi connectivity index (χ4v) is 1.57. The normalized spacial score (nSPS) is 10.0. The highest BCUT2D eigenvalue weighted by Crippen LogP contribution is 2.26. The Morgan fingerprint density at radius 2 is 1.73 bits per heavy atom. The molecule has 76 valence electrons. The van der Waals surface area contributed by atoms with Gasteiger partial charge in [0.15, 0.2) is 0 Å². The molecule has 2 rings (SSSR count). The van der Waals surface area contributed by atoms with E-state index in [1.807, 2.05) is 55.5 Å². The van der Waals surface area contributed by atoms with Crippen molar-refractivity contribution in [3.05, 3.63) is 59.1 Å². The lowest BCUT2D eigenvalue weighted by atomic mass is 10.2. The highest BCUT2D eigenvalue weighted by Gasteiger charge is 2.01. The summed E-state index contributed by atoms with van der Waals surface area (Å²) in [6.07, 6.45) is 0. The standard InChI is InChI=1S/C13H11ClO/c1-10-9-11(14)7-8-13(10)15-12-5-3-2-4-6-12/h2-9H,1H3. The fraction of sp³-hybridized carbons (Fsp3) is 0.0769. The van der Waals surface area contributed by atoms with Crippen LogP contribution < -0.4 is 4.74 Å². The highest BCUT2D eigenvalue weighted by molar-refractivity contribution is 6.30. The topological polar surface area (TPSA) is 9.23 Å². The van der Waals surface area contributed by atoms with Gasteiger partial charge in [0, 0.05) is 5.02 Å². The molecule has 0 aliphatic rings. The van der Waals surface area contributed by atoms with Gasteiger partial charge in [-0.05, 0) is 42.8 Å². The van der Waals surface area contributed by atoms with E-state index in [1.165, 1.54) is 0 Å². The summed E-state index contributed by atoms with van der Waals surface area (Å²) < 4.78 is 5.71. The largest absolute Gasteiger partial charge is 0.457 e. The first kappa shape index (κ1) is 10.1. The molecule has 2 aromatic carbocycles. The van der Waals surface area contributed by atoms with E-state index >= 15 is 0 Å². The Morgan fingerprint density at radius 1 is 1.00 bits per heavy atom. The van der Waals surface area contributed by atoms with Crippen LogP contribution in [0.4, 0.5) is 0 Å². The number of hydrogen-bond donors (Lipinski definition) is 0. The van der Waals surface area contributed by atoms with Gasteiger partial charge in [0.05, 0.1) is 0 Å². The zero-order valence-electron chi connectivity index (χ0n) is 8.41. The summed E-state index contributed by atoms with van der Waals surface area (Å²) in [6, 6.07) is 15.3. The number of para-hydroxylation sites is 1. The van der Waals surface area contributed by atoms with Gasteiger partial charge in [-0.3, -0.25) is 0 Å². The smallest absolute Gasteiger partial charge is 0.130 e. The average Bonchev–Trinajstić information content (AvgIpc) is 2.24. The number of benzene rings is 2. The Balaban J connectivity index is 2.25. The van der Waals surface area contributed by atoms with Gasteiger partial charge in [-0.2, -0.15) is 0 Å². The molecule has 2 heteroatoms. The lowest BCUT2D eigenvalue weighted by molar-refractivity contribution is 0.479. The van der Waals surface area contributed by atoms with Gasteiger partial charge in [0.25, 0.3) is 0 Å². The molecule has 2 aromatic rings. The van der Waals surface area contributed by atoms with Gasteiger partial charge in [-0.1, -0.05) is 29.8 Å². The third kappa shape index (κ3) is 2.51. The fourth-order valence-electron chi connectivity index (χ4n) is 1.34. The summed E-state index contributed by atoms with van der Waals surface area (Å²) in [4.78, 5) is 0. The van der Waals surface area contributed by atoms with Crippen molar-refractivity contribution in [3.63, 3.8) is 0 Å². The van der Waals surface area contributed by atoms with Crippen molar-refractivity contribution in [3.8, 4) is 11.5 Å². The number of ether oxygens (including phenoxy) is 1. The molecule has 1 nitrogen and oxygen atoms in total. The first-order valence-corrected chi connectivity index (χ1v) is 5.12. The van der Waals surface area contributed by atoms with Gasteiger partial charge in [0.1, 0.15) is 11.5 Å². The number of hydrogen-bond acceptors (Lipinski definition) is 1. The monoisotopic (exact) mass is 218 g/mol. The molecule has 0 fully saturated rings. The van der Waals surface area contributed by atoms with Crippen LogP contribution in [0, 0.1) is 6.92 Å². The Labute approximate surface area is 94.3 Å². The van der Waals surface area contributed by atoms with Gasteiger partial charge >= 0.3 is 0 Å². The lowest BCUT2D eigenvalue weighted by Crippen LogP contribution is -1.86. The summed E-state index contributed by atoms with van der Waals surface area (Å²) >= 11 is 5.86. The van der Waals surface area contributed by atoms with Crippen LogP contribution in [-0.4, -0.2) is 0 Å². The van der Waals surface area contributed by atoms with Crippen LogP contribution in [0.5, 0.6) is 11.5 Å². The summed E-state index contributed by atoms with van der Waals surface area (Å²) in [7, 11) is 0. The van der Waals surface area contributed by atoms with Crippen LogP contribution in [0.1, 0.15) is 5.56 Å². The number of halogens is 1. The number of rotatable bonds is 2. The van der Waals surface area contributed by atoms with Gasteiger partial charge in [-0.15, -0.1) is 0 Å². The first-order chi connectivity index (χ1) is 7.25. The molecule has 0 aliphatic heterocycles. The molecular formula is C13H11ClO. The molecule has 0 radical (unpaired) electrons. The summed E-state index contributed by atoms with van der Waals surface area (Å²) in [6.45, 7) is 1.98. The predicted molar refractivity (Wildman–Crippen MR) is 62.7 cm³/mol. The van der Waals surface area contributed by atoms with Crippen LogP contribution in [0.2, 0.25) is 5.02 Å². The Kier molecular flexibility index (Phi) is 2.93. The van der Waals surface area contributed by atoms with E-state index in [4.69, 9.17) is 16.3 Å². The third-order valence-corrected chi connectivity index (χ3v) is 2.34. The third-order valence-electron chi connectivity index (χ3n) is 2.11. The quantitative estimate of drug-likeness (QED) is 0.724. The maximum atomic E-state index is 5.86. The van der Waals surface area contributed by atoms with Gasteiger partial charge in [-0.25, -0.2) is 0 Å². The van der Waals surface area contributed by atoms with Crippen molar-refractivity contribution in [2.45, 2.75) is 6.92 Å². The van der Waals surface area contributed by atoms with Crippen molar-refractivity contribution in [1.29, 1.82) is 0 Å².